The van der Waals surface area contributed by atoms with Crippen LogP contribution in [0.2, 0.25) is 0 Å². The largest absolute Gasteiger partial charge is 0.379 e. The maximum Gasteiger partial charge on any atom is 0.251 e. The first kappa shape index (κ1) is 19.9. The van der Waals surface area contributed by atoms with E-state index in [0.717, 1.165) is 38.6 Å². The van der Waals surface area contributed by atoms with E-state index in [1.165, 1.54) is 11.6 Å². The molecular formula is C21H25FN2O2S. The number of hydrogen-bond acceptors (Lipinski definition) is 4. The van der Waals surface area contributed by atoms with Gasteiger partial charge in [-0.2, -0.15) is 11.8 Å². The van der Waals surface area contributed by atoms with E-state index in [0.29, 0.717) is 23.4 Å². The zero-order valence-corrected chi connectivity index (χ0v) is 16.1. The number of amides is 1. The standard InChI is InChI=1S/C21H25FN2O2S/c22-20-4-2-1-3-19(20)16-27-14-9-23-21(25)18-7-5-17(6-8-18)15-24-10-12-26-13-11-24/h1-8H,9-16H2,(H,23,25). The average molecular weight is 389 g/mol. The summed E-state index contributed by atoms with van der Waals surface area (Å²) in [4.78, 5) is 14.6. The SMILES string of the molecule is O=C(NCCSCc1ccccc1F)c1ccc(CN2CCOCC2)cc1. The molecule has 0 atom stereocenters. The Hall–Kier alpha value is -1.89. The summed E-state index contributed by atoms with van der Waals surface area (Å²) >= 11 is 1.61. The minimum atomic E-state index is -0.175. The van der Waals surface area contributed by atoms with Crippen LogP contribution in [-0.2, 0) is 17.0 Å². The Kier molecular flexibility index (Phi) is 7.68. The Morgan fingerprint density at radius 2 is 1.85 bits per heavy atom. The maximum atomic E-state index is 13.5. The number of nitrogens with one attached hydrogen (secondary N) is 1. The molecule has 3 rings (SSSR count). The summed E-state index contributed by atoms with van der Waals surface area (Å²) in [5.74, 6) is 1.11. The minimum Gasteiger partial charge on any atom is -0.379 e. The summed E-state index contributed by atoms with van der Waals surface area (Å²) in [6, 6.07) is 14.6. The van der Waals surface area contributed by atoms with E-state index in [1.54, 1.807) is 23.9 Å². The van der Waals surface area contributed by atoms with E-state index in [9.17, 15) is 9.18 Å². The summed E-state index contributed by atoms with van der Waals surface area (Å²) in [6.45, 7) is 4.93. The van der Waals surface area contributed by atoms with Gasteiger partial charge in [0.05, 0.1) is 13.2 Å². The second kappa shape index (κ2) is 10.4. The van der Waals surface area contributed by atoms with Crippen molar-refractivity contribution in [2.24, 2.45) is 0 Å². The van der Waals surface area contributed by atoms with Gasteiger partial charge in [-0.25, -0.2) is 4.39 Å². The molecule has 1 saturated heterocycles. The molecule has 1 amide bonds. The zero-order chi connectivity index (χ0) is 18.9. The first-order valence-electron chi connectivity index (χ1n) is 9.21. The molecule has 0 bridgehead atoms. The van der Waals surface area contributed by atoms with Crippen LogP contribution < -0.4 is 5.32 Å². The number of ether oxygens (including phenoxy) is 1. The number of morpholine rings is 1. The molecular weight excluding hydrogens is 363 g/mol. The van der Waals surface area contributed by atoms with Gasteiger partial charge in [0.2, 0.25) is 0 Å². The Labute approximate surface area is 164 Å². The summed E-state index contributed by atoms with van der Waals surface area (Å²) < 4.78 is 18.9. The van der Waals surface area contributed by atoms with E-state index in [2.05, 4.69) is 10.2 Å². The highest BCUT2D eigenvalue weighted by Gasteiger charge is 2.11. The molecule has 0 aliphatic carbocycles. The van der Waals surface area contributed by atoms with Crippen LogP contribution in [0.25, 0.3) is 0 Å². The number of rotatable bonds is 8. The molecule has 1 fully saturated rings. The van der Waals surface area contributed by atoms with Gasteiger partial charge < -0.3 is 10.1 Å². The van der Waals surface area contributed by atoms with Crippen molar-refractivity contribution in [2.75, 3.05) is 38.6 Å². The Morgan fingerprint density at radius 3 is 2.59 bits per heavy atom. The van der Waals surface area contributed by atoms with Gasteiger partial charge in [-0.3, -0.25) is 9.69 Å². The van der Waals surface area contributed by atoms with Crippen LogP contribution in [0.3, 0.4) is 0 Å². The molecule has 0 unspecified atom stereocenters. The molecule has 1 N–H and O–H groups in total. The molecule has 6 heteroatoms. The van der Waals surface area contributed by atoms with E-state index in [1.807, 2.05) is 30.3 Å². The number of hydrogen-bond donors (Lipinski definition) is 1. The van der Waals surface area contributed by atoms with E-state index >= 15 is 0 Å². The monoisotopic (exact) mass is 388 g/mol. The third kappa shape index (κ3) is 6.34. The second-order valence-corrected chi connectivity index (χ2v) is 7.59. The van der Waals surface area contributed by atoms with Gasteiger partial charge in [0.15, 0.2) is 0 Å². The van der Waals surface area contributed by atoms with Crippen molar-refractivity contribution in [2.45, 2.75) is 12.3 Å². The van der Waals surface area contributed by atoms with Crippen molar-refractivity contribution in [1.29, 1.82) is 0 Å². The van der Waals surface area contributed by atoms with Crippen molar-refractivity contribution >= 4 is 17.7 Å². The smallest absolute Gasteiger partial charge is 0.251 e. The quantitative estimate of drug-likeness (QED) is 0.705. The van der Waals surface area contributed by atoms with Gasteiger partial charge >= 0.3 is 0 Å². The summed E-state index contributed by atoms with van der Waals surface area (Å²) in [5, 5.41) is 2.92. The molecule has 0 radical (unpaired) electrons. The molecule has 144 valence electrons. The molecule has 1 heterocycles. The fraction of sp³-hybridized carbons (Fsp3) is 0.381. The summed E-state index contributed by atoms with van der Waals surface area (Å²) in [6.07, 6.45) is 0. The van der Waals surface area contributed by atoms with E-state index in [4.69, 9.17) is 4.74 Å². The highest BCUT2D eigenvalue weighted by atomic mass is 32.2. The van der Waals surface area contributed by atoms with Crippen molar-refractivity contribution < 1.29 is 13.9 Å². The lowest BCUT2D eigenvalue weighted by atomic mass is 10.1. The van der Waals surface area contributed by atoms with Gasteiger partial charge in [-0.05, 0) is 29.3 Å². The lowest BCUT2D eigenvalue weighted by Gasteiger charge is -2.26. The normalized spacial score (nSPS) is 14.9. The highest BCUT2D eigenvalue weighted by Crippen LogP contribution is 2.15. The Balaban J connectivity index is 1.37. The van der Waals surface area contributed by atoms with Crippen molar-refractivity contribution in [3.8, 4) is 0 Å². The van der Waals surface area contributed by atoms with Gasteiger partial charge in [-0.1, -0.05) is 30.3 Å². The molecule has 2 aromatic rings. The van der Waals surface area contributed by atoms with Crippen LogP contribution in [-0.4, -0.2) is 49.4 Å². The van der Waals surface area contributed by atoms with Crippen molar-refractivity contribution in [3.05, 3.63) is 71.0 Å². The molecule has 0 aromatic heterocycles. The van der Waals surface area contributed by atoms with Crippen LogP contribution in [0.15, 0.2) is 48.5 Å². The maximum absolute atomic E-state index is 13.5. The molecule has 0 spiro atoms. The van der Waals surface area contributed by atoms with Gasteiger partial charge in [-0.15, -0.1) is 0 Å². The number of nitrogens with zero attached hydrogens (tertiary/aromatic N) is 1. The van der Waals surface area contributed by atoms with Gasteiger partial charge in [0.1, 0.15) is 5.82 Å². The number of thioether (sulfide) groups is 1. The van der Waals surface area contributed by atoms with Crippen LogP contribution in [0.4, 0.5) is 4.39 Å². The van der Waals surface area contributed by atoms with Crippen molar-refractivity contribution in [3.63, 3.8) is 0 Å². The van der Waals surface area contributed by atoms with Crippen LogP contribution >= 0.6 is 11.8 Å². The Bertz CT molecular complexity index is 733. The van der Waals surface area contributed by atoms with E-state index < -0.39 is 0 Å². The topological polar surface area (TPSA) is 41.6 Å². The highest BCUT2D eigenvalue weighted by molar-refractivity contribution is 7.98. The first-order valence-corrected chi connectivity index (χ1v) is 10.4. The number of halogens is 1. The molecule has 1 aliphatic rings. The van der Waals surface area contributed by atoms with Crippen LogP contribution in [0.5, 0.6) is 0 Å². The zero-order valence-electron chi connectivity index (χ0n) is 15.3. The summed E-state index contributed by atoms with van der Waals surface area (Å²) in [5.41, 5.74) is 2.57. The van der Waals surface area contributed by atoms with Crippen LogP contribution in [0.1, 0.15) is 21.5 Å². The lowest BCUT2D eigenvalue weighted by Crippen LogP contribution is -2.35. The number of carbonyl (C=O) groups is 1. The lowest BCUT2D eigenvalue weighted by molar-refractivity contribution is 0.0342. The molecule has 0 saturated carbocycles. The fourth-order valence-electron chi connectivity index (χ4n) is 2.92. The van der Waals surface area contributed by atoms with Gasteiger partial charge in [0, 0.05) is 43.2 Å². The second-order valence-electron chi connectivity index (χ2n) is 6.49. The predicted molar refractivity (Wildman–Crippen MR) is 107 cm³/mol. The van der Waals surface area contributed by atoms with Crippen molar-refractivity contribution in [1.82, 2.24) is 10.2 Å². The molecule has 2 aromatic carbocycles. The van der Waals surface area contributed by atoms with Gasteiger partial charge in [0.25, 0.3) is 5.91 Å². The fourth-order valence-corrected chi connectivity index (χ4v) is 3.76. The van der Waals surface area contributed by atoms with Crippen LogP contribution in [0, 0.1) is 5.82 Å². The third-order valence-electron chi connectivity index (χ3n) is 4.47. The third-order valence-corrected chi connectivity index (χ3v) is 5.48. The summed E-state index contributed by atoms with van der Waals surface area (Å²) in [7, 11) is 0. The number of carbonyl (C=O) groups excluding carboxylic acids is 1. The first-order chi connectivity index (χ1) is 13.2. The Morgan fingerprint density at radius 1 is 1.11 bits per heavy atom. The van der Waals surface area contributed by atoms with E-state index in [-0.39, 0.29) is 11.7 Å². The number of benzene rings is 2. The predicted octanol–water partition coefficient (Wildman–Crippen LogP) is 3.32. The minimum absolute atomic E-state index is 0.0700. The molecule has 4 nitrogen and oxygen atoms in total. The molecule has 1 aliphatic heterocycles. The molecule has 27 heavy (non-hydrogen) atoms. The average Bonchev–Trinajstić information content (AvgIpc) is 2.70.